The van der Waals surface area contributed by atoms with E-state index in [1.165, 1.54) is 11.7 Å². The smallest absolute Gasteiger partial charge is 0.415 e. The number of cyclic esters (lactones) is 1. The zero-order valence-corrected chi connectivity index (χ0v) is 16.6. The highest BCUT2D eigenvalue weighted by molar-refractivity contribution is 5.94. The van der Waals surface area contributed by atoms with Crippen LogP contribution in [0.3, 0.4) is 0 Å². The fourth-order valence-electron chi connectivity index (χ4n) is 3.96. The van der Waals surface area contributed by atoms with E-state index in [9.17, 15) is 9.59 Å². The van der Waals surface area contributed by atoms with Gasteiger partial charge in [0.2, 0.25) is 11.7 Å². The van der Waals surface area contributed by atoms with Crippen molar-refractivity contribution in [1.82, 2.24) is 30.5 Å². The Morgan fingerprint density at radius 3 is 2.84 bits per heavy atom. The first-order chi connectivity index (χ1) is 15.0. The van der Waals surface area contributed by atoms with Gasteiger partial charge in [-0.1, -0.05) is 6.07 Å². The summed E-state index contributed by atoms with van der Waals surface area (Å²) in [4.78, 5) is 30.9. The molecule has 1 aromatic carbocycles. The van der Waals surface area contributed by atoms with Gasteiger partial charge in [0.25, 0.3) is 0 Å². The van der Waals surface area contributed by atoms with Crippen LogP contribution in [0.25, 0.3) is 16.9 Å². The van der Waals surface area contributed by atoms with Crippen LogP contribution in [-0.2, 0) is 22.6 Å². The first-order valence-corrected chi connectivity index (χ1v) is 9.77. The molecule has 31 heavy (non-hydrogen) atoms. The van der Waals surface area contributed by atoms with Gasteiger partial charge in [-0.3, -0.25) is 9.69 Å². The number of amides is 2. The predicted molar refractivity (Wildman–Crippen MR) is 107 cm³/mol. The maximum atomic E-state index is 12.4. The lowest BCUT2D eigenvalue weighted by Gasteiger charge is -2.16. The van der Waals surface area contributed by atoms with E-state index >= 15 is 0 Å². The van der Waals surface area contributed by atoms with E-state index in [1.807, 2.05) is 24.3 Å². The fraction of sp³-hybridized carbons (Fsp3) is 0.300. The fourth-order valence-corrected chi connectivity index (χ4v) is 3.96. The number of aliphatic hydroxyl groups excluding tert-OH is 1. The molecule has 0 aliphatic carbocycles. The number of aromatic nitrogens is 5. The van der Waals surface area contributed by atoms with Crippen LogP contribution in [0.2, 0.25) is 0 Å². The molecule has 2 amide bonds. The number of tetrazole rings is 1. The van der Waals surface area contributed by atoms with Crippen molar-refractivity contribution in [3.63, 3.8) is 0 Å². The number of carbonyl (C=O) groups is 2. The lowest BCUT2D eigenvalue weighted by Crippen LogP contribution is -2.40. The van der Waals surface area contributed by atoms with Gasteiger partial charge in [-0.25, -0.2) is 9.78 Å². The molecule has 2 N–H and O–H groups in total. The third-order valence-corrected chi connectivity index (χ3v) is 5.41. The van der Waals surface area contributed by atoms with Crippen LogP contribution >= 0.6 is 0 Å². The summed E-state index contributed by atoms with van der Waals surface area (Å²) in [5, 5.41) is 23.4. The molecule has 5 rings (SSSR count). The number of hydrogen-bond acceptors (Lipinski definition) is 8. The summed E-state index contributed by atoms with van der Waals surface area (Å²) >= 11 is 0. The largest absolute Gasteiger partial charge is 0.442 e. The van der Waals surface area contributed by atoms with Crippen LogP contribution in [0.4, 0.5) is 10.5 Å². The second-order valence-electron chi connectivity index (χ2n) is 7.40. The standard InChI is InChI=1S/C20H19N7O4/c1-11(29)21-9-17-16-7-14-6-12(2-4-15(14)26(16)20(30)31-17)13-3-5-19(22-8-13)27-24-18(10-28)23-25-27/h2-6,8,16-17,28H,7,9-10H2,1H3,(H,21,29)/t16?,17-/m0/s1. The predicted octanol–water partition coefficient (Wildman–Crippen LogP) is 0.603. The second-order valence-corrected chi connectivity index (χ2v) is 7.40. The van der Waals surface area contributed by atoms with E-state index in [4.69, 9.17) is 9.84 Å². The molecular formula is C20H19N7O4. The first-order valence-electron chi connectivity index (χ1n) is 9.77. The Kier molecular flexibility index (Phi) is 4.59. The van der Waals surface area contributed by atoms with E-state index in [0.29, 0.717) is 18.8 Å². The number of fused-ring (bicyclic) bond motifs is 3. The minimum Gasteiger partial charge on any atom is -0.442 e. The monoisotopic (exact) mass is 421 g/mol. The second kappa shape index (κ2) is 7.43. The van der Waals surface area contributed by atoms with Crippen LogP contribution in [0.15, 0.2) is 36.5 Å². The minimum atomic E-state index is -0.388. The Hall–Kier alpha value is -3.86. The number of anilines is 1. The topological polar surface area (TPSA) is 135 Å². The van der Waals surface area contributed by atoms with Crippen molar-refractivity contribution in [1.29, 1.82) is 0 Å². The highest BCUT2D eigenvalue weighted by atomic mass is 16.6. The van der Waals surface area contributed by atoms with Crippen LogP contribution in [0.5, 0.6) is 0 Å². The highest BCUT2D eigenvalue weighted by Gasteiger charge is 2.47. The van der Waals surface area contributed by atoms with Gasteiger partial charge in [0, 0.05) is 18.7 Å². The van der Waals surface area contributed by atoms with E-state index in [1.54, 1.807) is 17.2 Å². The van der Waals surface area contributed by atoms with Crippen molar-refractivity contribution in [3.8, 4) is 16.9 Å². The highest BCUT2D eigenvalue weighted by Crippen LogP contribution is 2.40. The van der Waals surface area contributed by atoms with Crippen molar-refractivity contribution in [2.24, 2.45) is 0 Å². The summed E-state index contributed by atoms with van der Waals surface area (Å²) in [6.45, 7) is 1.45. The van der Waals surface area contributed by atoms with Gasteiger partial charge < -0.3 is 15.2 Å². The summed E-state index contributed by atoms with van der Waals surface area (Å²) in [5.41, 5.74) is 3.74. The lowest BCUT2D eigenvalue weighted by atomic mass is 10.0. The van der Waals surface area contributed by atoms with Gasteiger partial charge >= 0.3 is 6.09 Å². The molecule has 2 aliphatic rings. The molecule has 1 fully saturated rings. The molecule has 0 radical (unpaired) electrons. The van der Waals surface area contributed by atoms with Gasteiger partial charge in [0.05, 0.1) is 18.3 Å². The van der Waals surface area contributed by atoms with Crippen LogP contribution in [-0.4, -0.2) is 61.0 Å². The molecular weight excluding hydrogens is 402 g/mol. The molecule has 1 unspecified atom stereocenters. The summed E-state index contributed by atoms with van der Waals surface area (Å²) < 4.78 is 5.44. The Labute approximate surface area is 176 Å². The van der Waals surface area contributed by atoms with Gasteiger partial charge in [-0.15, -0.1) is 15.0 Å². The number of aliphatic hydroxyl groups is 1. The van der Waals surface area contributed by atoms with Crippen molar-refractivity contribution in [2.45, 2.75) is 32.1 Å². The van der Waals surface area contributed by atoms with Gasteiger partial charge in [0.1, 0.15) is 12.7 Å². The summed E-state index contributed by atoms with van der Waals surface area (Å²) in [5.74, 6) is 0.554. The summed E-state index contributed by atoms with van der Waals surface area (Å²) in [6.07, 6.45) is 1.59. The number of carbonyl (C=O) groups excluding carboxylic acids is 2. The Bertz CT molecular complexity index is 1160. The molecule has 11 heteroatoms. The molecule has 2 aromatic heterocycles. The van der Waals surface area contributed by atoms with Crippen LogP contribution in [0.1, 0.15) is 18.3 Å². The molecule has 1 saturated heterocycles. The maximum absolute atomic E-state index is 12.4. The van der Waals surface area contributed by atoms with Crippen LogP contribution in [0, 0.1) is 0 Å². The Morgan fingerprint density at radius 2 is 2.13 bits per heavy atom. The Morgan fingerprint density at radius 1 is 1.29 bits per heavy atom. The van der Waals surface area contributed by atoms with Crippen molar-refractivity contribution >= 4 is 17.7 Å². The average Bonchev–Trinajstić information content (AvgIpc) is 3.47. The molecule has 11 nitrogen and oxygen atoms in total. The quantitative estimate of drug-likeness (QED) is 0.611. The molecule has 2 atom stereocenters. The molecule has 3 aromatic rings. The summed E-state index contributed by atoms with van der Waals surface area (Å²) in [7, 11) is 0. The molecule has 0 bridgehead atoms. The van der Waals surface area contributed by atoms with Crippen molar-refractivity contribution in [2.75, 3.05) is 11.4 Å². The van der Waals surface area contributed by atoms with E-state index in [2.05, 4.69) is 25.7 Å². The normalized spacial score (nSPS) is 19.2. The first kappa shape index (κ1) is 19.1. The lowest BCUT2D eigenvalue weighted by molar-refractivity contribution is -0.119. The molecule has 4 heterocycles. The van der Waals surface area contributed by atoms with Gasteiger partial charge in [-0.05, 0) is 47.0 Å². The van der Waals surface area contributed by atoms with Gasteiger partial charge in [-0.2, -0.15) is 0 Å². The summed E-state index contributed by atoms with van der Waals surface area (Å²) in [6, 6.07) is 9.42. The van der Waals surface area contributed by atoms with E-state index in [0.717, 1.165) is 22.4 Å². The zero-order chi connectivity index (χ0) is 21.5. The number of benzene rings is 1. The molecule has 158 valence electrons. The number of ether oxygens (including phenoxy) is 1. The van der Waals surface area contributed by atoms with Crippen molar-refractivity contribution < 1.29 is 19.4 Å². The number of nitrogens with zero attached hydrogens (tertiary/aromatic N) is 6. The van der Waals surface area contributed by atoms with Crippen molar-refractivity contribution in [3.05, 3.63) is 47.9 Å². The number of pyridine rings is 1. The SMILES string of the molecule is CC(=O)NC[C@@H]1OC(=O)N2c3ccc(-c4ccc(-n5nnc(CO)n5)nc4)cc3CC12. The third kappa shape index (κ3) is 3.38. The molecule has 0 saturated carbocycles. The van der Waals surface area contributed by atoms with E-state index in [-0.39, 0.29) is 36.6 Å². The molecule has 0 spiro atoms. The maximum Gasteiger partial charge on any atom is 0.415 e. The Balaban J connectivity index is 1.37. The zero-order valence-electron chi connectivity index (χ0n) is 16.6. The third-order valence-electron chi connectivity index (χ3n) is 5.41. The van der Waals surface area contributed by atoms with Gasteiger partial charge in [0.15, 0.2) is 5.82 Å². The number of rotatable bonds is 5. The average molecular weight is 421 g/mol. The van der Waals surface area contributed by atoms with Crippen LogP contribution < -0.4 is 10.2 Å². The van der Waals surface area contributed by atoms with E-state index < -0.39 is 0 Å². The molecule has 2 aliphatic heterocycles. The number of nitrogens with one attached hydrogen (secondary N) is 1. The number of hydrogen-bond donors (Lipinski definition) is 2. The minimum absolute atomic E-state index is 0.135.